The number of hydrogen-bond donors (Lipinski definition) is 2. The van der Waals surface area contributed by atoms with Crippen LogP contribution in [-0.4, -0.2) is 51.9 Å². The Bertz CT molecular complexity index is 1490. The number of aromatic amines is 1. The Hall–Kier alpha value is -3.51. The van der Waals surface area contributed by atoms with Gasteiger partial charge in [0.2, 0.25) is 5.91 Å². The molecule has 1 amide bonds. The highest BCUT2D eigenvalue weighted by Crippen LogP contribution is 2.38. The molecule has 6 nitrogen and oxygen atoms in total. The van der Waals surface area contributed by atoms with Gasteiger partial charge in [-0.3, -0.25) is 14.8 Å². The van der Waals surface area contributed by atoms with Crippen molar-refractivity contribution in [2.75, 3.05) is 26.2 Å². The van der Waals surface area contributed by atoms with Gasteiger partial charge in [-0.25, -0.2) is 0 Å². The number of benzene rings is 1. The average molecular weight is 582 g/mol. The van der Waals surface area contributed by atoms with Gasteiger partial charge in [-0.15, -0.1) is 0 Å². The van der Waals surface area contributed by atoms with Crippen molar-refractivity contribution in [3.63, 3.8) is 0 Å². The third-order valence-electron chi connectivity index (χ3n) is 8.15. The smallest absolute Gasteiger partial charge is 0.234 e. The number of carbonyl (C=O) groups is 1. The van der Waals surface area contributed by atoms with E-state index in [-0.39, 0.29) is 11.8 Å². The third kappa shape index (κ3) is 7.91. The average Bonchev–Trinajstić information content (AvgIpc) is 3.33. The number of nitrogens with one attached hydrogen (secondary N) is 2. The van der Waals surface area contributed by atoms with Crippen LogP contribution in [0.3, 0.4) is 0 Å². The largest absolute Gasteiger partial charge is 0.353 e. The van der Waals surface area contributed by atoms with Crippen LogP contribution in [0.25, 0.3) is 22.2 Å². The van der Waals surface area contributed by atoms with Crippen LogP contribution < -0.4 is 5.32 Å². The Labute approximate surface area is 258 Å². The fraction of sp³-hybridized carbons (Fsp3) is 0.486. The summed E-state index contributed by atoms with van der Waals surface area (Å²) in [5, 5.41) is 4.83. The standard InChI is InChI=1S/C37H51N5O/c1-24(2)22-42(23-25(3)4)36(43)37(8,9)33-19-31-32(21-40-33)41-35(30-17-26(5)16-27(6)18-30)34(31)28(7)20-39-15-12-29-10-13-38-14-11-29/h10-11,13-14,16-19,21,24-25,28,39,41H,12,15,20,22-23H2,1-9H3/t28-/m1/s1. The third-order valence-corrected chi connectivity index (χ3v) is 8.15. The summed E-state index contributed by atoms with van der Waals surface area (Å²) in [6.45, 7) is 22.6. The maximum atomic E-state index is 14.0. The van der Waals surface area contributed by atoms with Gasteiger partial charge in [0, 0.05) is 37.4 Å². The molecule has 6 heteroatoms. The first kappa shape index (κ1) is 32.4. The zero-order chi connectivity index (χ0) is 31.3. The summed E-state index contributed by atoms with van der Waals surface area (Å²) >= 11 is 0. The minimum atomic E-state index is -0.751. The van der Waals surface area contributed by atoms with Crippen molar-refractivity contribution in [1.82, 2.24) is 25.2 Å². The van der Waals surface area contributed by atoms with E-state index in [9.17, 15) is 4.79 Å². The molecule has 0 aliphatic carbocycles. The minimum Gasteiger partial charge on any atom is -0.353 e. The predicted molar refractivity (Wildman–Crippen MR) is 180 cm³/mol. The number of fused-ring (bicyclic) bond motifs is 1. The molecule has 1 aromatic carbocycles. The summed E-state index contributed by atoms with van der Waals surface area (Å²) in [6, 6.07) is 13.0. The van der Waals surface area contributed by atoms with Crippen molar-refractivity contribution >= 4 is 16.8 Å². The molecule has 4 rings (SSSR count). The topological polar surface area (TPSA) is 73.9 Å². The van der Waals surface area contributed by atoms with Crippen LogP contribution in [-0.2, 0) is 16.6 Å². The molecule has 230 valence electrons. The molecule has 0 spiro atoms. The van der Waals surface area contributed by atoms with E-state index in [1.54, 1.807) is 0 Å². The lowest BCUT2D eigenvalue weighted by Gasteiger charge is -2.34. The summed E-state index contributed by atoms with van der Waals surface area (Å²) in [7, 11) is 0. The van der Waals surface area contributed by atoms with E-state index in [4.69, 9.17) is 4.98 Å². The lowest BCUT2D eigenvalue weighted by atomic mass is 9.85. The molecule has 1 atom stereocenters. The quantitative estimate of drug-likeness (QED) is 0.160. The second-order valence-electron chi connectivity index (χ2n) is 13.7. The summed E-state index contributed by atoms with van der Waals surface area (Å²) in [4.78, 5) is 28.8. The molecule has 2 N–H and O–H groups in total. The van der Waals surface area contributed by atoms with Crippen molar-refractivity contribution < 1.29 is 4.79 Å². The second-order valence-corrected chi connectivity index (χ2v) is 13.7. The monoisotopic (exact) mass is 581 g/mol. The second kappa shape index (κ2) is 13.9. The Morgan fingerprint density at radius 2 is 1.58 bits per heavy atom. The number of rotatable bonds is 13. The van der Waals surface area contributed by atoms with Crippen LogP contribution in [0.1, 0.15) is 82.3 Å². The van der Waals surface area contributed by atoms with Crippen LogP contribution in [0.15, 0.2) is 55.0 Å². The van der Waals surface area contributed by atoms with E-state index < -0.39 is 5.41 Å². The van der Waals surface area contributed by atoms with Crippen LogP contribution in [0.5, 0.6) is 0 Å². The minimum absolute atomic E-state index is 0.138. The van der Waals surface area contributed by atoms with E-state index >= 15 is 0 Å². The summed E-state index contributed by atoms with van der Waals surface area (Å²) in [5.74, 6) is 1.17. The van der Waals surface area contributed by atoms with Gasteiger partial charge in [0.15, 0.2) is 0 Å². The fourth-order valence-electron chi connectivity index (χ4n) is 6.14. The van der Waals surface area contributed by atoms with Crippen LogP contribution in [0.2, 0.25) is 0 Å². The maximum Gasteiger partial charge on any atom is 0.234 e. The summed E-state index contributed by atoms with van der Waals surface area (Å²) in [6.07, 6.45) is 6.58. The van der Waals surface area contributed by atoms with Crippen molar-refractivity contribution in [1.29, 1.82) is 0 Å². The van der Waals surface area contributed by atoms with Gasteiger partial charge in [0.05, 0.1) is 28.5 Å². The molecule has 3 heterocycles. The van der Waals surface area contributed by atoms with E-state index in [1.807, 2.05) is 37.3 Å². The fourth-order valence-corrected chi connectivity index (χ4v) is 6.14. The first-order chi connectivity index (χ1) is 20.4. The van der Waals surface area contributed by atoms with E-state index in [1.165, 1.54) is 27.8 Å². The van der Waals surface area contributed by atoms with Crippen molar-refractivity contribution in [2.45, 2.75) is 80.1 Å². The van der Waals surface area contributed by atoms with Crippen molar-refractivity contribution in [3.05, 3.63) is 82.9 Å². The number of pyridine rings is 2. The zero-order valence-corrected chi connectivity index (χ0v) is 27.7. The highest BCUT2D eigenvalue weighted by atomic mass is 16.2. The molecule has 0 fully saturated rings. The van der Waals surface area contributed by atoms with E-state index in [2.05, 4.69) is 100 Å². The van der Waals surface area contributed by atoms with Crippen LogP contribution in [0.4, 0.5) is 0 Å². The van der Waals surface area contributed by atoms with Crippen LogP contribution >= 0.6 is 0 Å². The maximum absolute atomic E-state index is 14.0. The van der Waals surface area contributed by atoms with Crippen molar-refractivity contribution in [2.24, 2.45) is 11.8 Å². The zero-order valence-electron chi connectivity index (χ0n) is 27.7. The normalized spacial score (nSPS) is 12.8. The Kier molecular flexibility index (Phi) is 10.4. The highest BCUT2D eigenvalue weighted by Gasteiger charge is 2.36. The van der Waals surface area contributed by atoms with Gasteiger partial charge in [0.1, 0.15) is 0 Å². The number of aromatic nitrogens is 3. The van der Waals surface area contributed by atoms with Gasteiger partial charge >= 0.3 is 0 Å². The molecule has 3 aromatic heterocycles. The Balaban J connectivity index is 1.72. The van der Waals surface area contributed by atoms with Gasteiger partial charge in [0.25, 0.3) is 0 Å². The summed E-state index contributed by atoms with van der Waals surface area (Å²) in [5.41, 5.74) is 8.41. The van der Waals surface area contributed by atoms with Crippen molar-refractivity contribution in [3.8, 4) is 11.3 Å². The molecule has 0 unspecified atom stereocenters. The van der Waals surface area contributed by atoms with Gasteiger partial charge in [-0.05, 0) is 105 Å². The predicted octanol–water partition coefficient (Wildman–Crippen LogP) is 7.60. The SMILES string of the molecule is Cc1cc(C)cc(-c2[nH]c3cnc(C(C)(C)C(=O)N(CC(C)C)CC(C)C)cc3c2[C@H](C)CNCCc2ccncc2)c1. The van der Waals surface area contributed by atoms with Gasteiger partial charge < -0.3 is 15.2 Å². The first-order valence-electron chi connectivity index (χ1n) is 15.9. The molecular weight excluding hydrogens is 530 g/mol. The lowest BCUT2D eigenvalue weighted by Crippen LogP contribution is -2.46. The molecular formula is C37H51N5O. The number of carbonyl (C=O) groups excluding carboxylic acids is 1. The number of hydrogen-bond acceptors (Lipinski definition) is 4. The Morgan fingerprint density at radius 3 is 2.19 bits per heavy atom. The molecule has 4 aromatic rings. The van der Waals surface area contributed by atoms with Gasteiger partial charge in [-0.2, -0.15) is 0 Å². The highest BCUT2D eigenvalue weighted by molar-refractivity contribution is 5.93. The lowest BCUT2D eigenvalue weighted by molar-refractivity contribution is -0.137. The molecule has 0 bridgehead atoms. The summed E-state index contributed by atoms with van der Waals surface area (Å²) < 4.78 is 0. The number of amides is 1. The van der Waals surface area contributed by atoms with Gasteiger partial charge in [-0.1, -0.05) is 51.8 Å². The van der Waals surface area contributed by atoms with E-state index in [0.717, 1.165) is 54.9 Å². The molecule has 0 aliphatic rings. The molecule has 43 heavy (non-hydrogen) atoms. The first-order valence-corrected chi connectivity index (χ1v) is 15.9. The number of aryl methyl sites for hydroxylation is 2. The molecule has 0 aliphatic heterocycles. The number of H-pyrrole nitrogens is 1. The number of nitrogens with zero attached hydrogens (tertiary/aromatic N) is 3. The van der Waals surface area contributed by atoms with Crippen LogP contribution in [0, 0.1) is 25.7 Å². The Morgan fingerprint density at radius 1 is 0.953 bits per heavy atom. The molecule has 0 radical (unpaired) electrons. The van der Waals surface area contributed by atoms with E-state index in [0.29, 0.717) is 11.8 Å². The molecule has 0 saturated carbocycles. The molecule has 0 saturated heterocycles.